The van der Waals surface area contributed by atoms with Crippen LogP contribution in [0.4, 0.5) is 5.69 Å². The lowest BCUT2D eigenvalue weighted by atomic mass is 10.1. The van der Waals surface area contributed by atoms with Gasteiger partial charge in [0.2, 0.25) is 11.8 Å². The number of hydrogen-bond donors (Lipinski definition) is 1. The molecule has 172 valence electrons. The van der Waals surface area contributed by atoms with Crippen molar-refractivity contribution in [3.63, 3.8) is 0 Å². The number of hydrogen-bond acceptors (Lipinski definition) is 5. The maximum Gasteiger partial charge on any atom is 0.269 e. The topological polar surface area (TPSA) is 92.6 Å². The van der Waals surface area contributed by atoms with Crippen molar-refractivity contribution in [1.82, 2.24) is 10.2 Å². The molecule has 0 unspecified atom stereocenters. The molecule has 0 radical (unpaired) electrons. The molecule has 0 aliphatic carbocycles. The lowest BCUT2D eigenvalue weighted by Gasteiger charge is -2.29. The molecule has 0 aliphatic heterocycles. The minimum atomic E-state index is -0.569. The van der Waals surface area contributed by atoms with Gasteiger partial charge in [-0.1, -0.05) is 49.4 Å². The standard InChI is InChI=1S/C24H31N3O4S/c1-4-18(2)25-24(29)19(3)26(15-14-20-8-6-5-7-9-20)23(28)17-32-16-21-10-12-22(13-11-21)27(30)31/h5-13,18-19H,4,14-17H2,1-3H3,(H,25,29)/t18-,19+/m0/s1. The molecule has 32 heavy (non-hydrogen) atoms. The fourth-order valence-electron chi connectivity index (χ4n) is 3.09. The van der Waals surface area contributed by atoms with E-state index in [0.29, 0.717) is 18.7 Å². The van der Waals surface area contributed by atoms with Crippen LogP contribution in [0.1, 0.15) is 38.3 Å². The minimum absolute atomic E-state index is 0.0445. The Morgan fingerprint density at radius 3 is 2.31 bits per heavy atom. The van der Waals surface area contributed by atoms with E-state index in [1.807, 2.05) is 44.2 Å². The van der Waals surface area contributed by atoms with Crippen molar-refractivity contribution in [2.24, 2.45) is 0 Å². The lowest BCUT2D eigenvalue weighted by molar-refractivity contribution is -0.384. The highest BCUT2D eigenvalue weighted by molar-refractivity contribution is 7.99. The molecule has 0 saturated carbocycles. The Balaban J connectivity index is 1.99. The molecule has 0 saturated heterocycles. The van der Waals surface area contributed by atoms with Gasteiger partial charge in [-0.05, 0) is 37.8 Å². The third kappa shape index (κ3) is 8.00. The number of nitrogens with zero attached hydrogens (tertiary/aromatic N) is 2. The molecule has 2 rings (SSSR count). The maximum atomic E-state index is 13.0. The average molecular weight is 458 g/mol. The van der Waals surface area contributed by atoms with Gasteiger partial charge in [-0.2, -0.15) is 0 Å². The van der Waals surface area contributed by atoms with Crippen LogP contribution >= 0.6 is 11.8 Å². The predicted molar refractivity (Wildman–Crippen MR) is 128 cm³/mol. The van der Waals surface area contributed by atoms with Crippen LogP contribution in [-0.4, -0.2) is 46.0 Å². The zero-order chi connectivity index (χ0) is 23.5. The first kappa shape index (κ1) is 25.4. The minimum Gasteiger partial charge on any atom is -0.352 e. The molecule has 7 nitrogen and oxygen atoms in total. The largest absolute Gasteiger partial charge is 0.352 e. The number of benzene rings is 2. The van der Waals surface area contributed by atoms with Crippen LogP contribution in [0.25, 0.3) is 0 Å². The van der Waals surface area contributed by atoms with Gasteiger partial charge < -0.3 is 10.2 Å². The summed E-state index contributed by atoms with van der Waals surface area (Å²) in [4.78, 5) is 37.7. The third-order valence-electron chi connectivity index (χ3n) is 5.29. The van der Waals surface area contributed by atoms with Gasteiger partial charge in [-0.15, -0.1) is 11.8 Å². The van der Waals surface area contributed by atoms with Crippen LogP contribution < -0.4 is 5.32 Å². The summed E-state index contributed by atoms with van der Waals surface area (Å²) in [7, 11) is 0. The van der Waals surface area contributed by atoms with Crippen LogP contribution in [0.5, 0.6) is 0 Å². The summed E-state index contributed by atoms with van der Waals surface area (Å²) in [5.41, 5.74) is 2.06. The monoisotopic (exact) mass is 457 g/mol. The van der Waals surface area contributed by atoms with E-state index < -0.39 is 11.0 Å². The number of nitro benzene ring substituents is 1. The number of nitrogens with one attached hydrogen (secondary N) is 1. The molecule has 1 N–H and O–H groups in total. The Labute approximate surface area is 193 Å². The van der Waals surface area contributed by atoms with E-state index in [9.17, 15) is 19.7 Å². The quantitative estimate of drug-likeness (QED) is 0.381. The van der Waals surface area contributed by atoms with Crippen molar-refractivity contribution in [3.05, 3.63) is 75.8 Å². The highest BCUT2D eigenvalue weighted by atomic mass is 32.2. The van der Waals surface area contributed by atoms with Crippen LogP contribution in [0.2, 0.25) is 0 Å². The Hall–Kier alpha value is -2.87. The third-order valence-corrected chi connectivity index (χ3v) is 6.28. The second kappa shape index (κ2) is 12.9. The van der Waals surface area contributed by atoms with Gasteiger partial charge >= 0.3 is 0 Å². The fourth-order valence-corrected chi connectivity index (χ4v) is 3.96. The van der Waals surface area contributed by atoms with Gasteiger partial charge in [0, 0.05) is 30.5 Å². The summed E-state index contributed by atoms with van der Waals surface area (Å²) in [5.74, 6) is 0.539. The first-order chi connectivity index (χ1) is 15.3. The molecule has 0 aromatic heterocycles. The van der Waals surface area contributed by atoms with E-state index in [-0.39, 0.29) is 29.3 Å². The fraction of sp³-hybridized carbons (Fsp3) is 0.417. The zero-order valence-corrected chi connectivity index (χ0v) is 19.6. The van der Waals surface area contributed by atoms with E-state index in [0.717, 1.165) is 17.5 Å². The van der Waals surface area contributed by atoms with Crippen molar-refractivity contribution >= 4 is 29.3 Å². The molecule has 0 heterocycles. The molecule has 0 aliphatic rings. The number of rotatable bonds is 12. The summed E-state index contributed by atoms with van der Waals surface area (Å²) >= 11 is 1.43. The van der Waals surface area contributed by atoms with Crippen molar-refractivity contribution in [1.29, 1.82) is 0 Å². The van der Waals surface area contributed by atoms with Gasteiger partial charge in [0.25, 0.3) is 5.69 Å². The Bertz CT molecular complexity index is 890. The molecule has 0 spiro atoms. The van der Waals surface area contributed by atoms with E-state index in [1.165, 1.54) is 23.9 Å². The number of carbonyl (C=O) groups is 2. The summed E-state index contributed by atoms with van der Waals surface area (Å²) in [6.45, 7) is 6.17. The SMILES string of the molecule is CC[C@H](C)NC(=O)[C@@H](C)N(CCc1ccccc1)C(=O)CSCc1ccc([N+](=O)[O-])cc1. The molecular formula is C24H31N3O4S. The highest BCUT2D eigenvalue weighted by Crippen LogP contribution is 2.18. The van der Waals surface area contributed by atoms with E-state index >= 15 is 0 Å². The molecule has 2 atom stereocenters. The van der Waals surface area contributed by atoms with E-state index in [2.05, 4.69) is 5.32 Å². The van der Waals surface area contributed by atoms with Gasteiger partial charge in [0.1, 0.15) is 6.04 Å². The van der Waals surface area contributed by atoms with E-state index in [1.54, 1.807) is 24.0 Å². The van der Waals surface area contributed by atoms with Crippen molar-refractivity contribution < 1.29 is 14.5 Å². The van der Waals surface area contributed by atoms with Gasteiger partial charge in [-0.3, -0.25) is 19.7 Å². The first-order valence-electron chi connectivity index (χ1n) is 10.8. The summed E-state index contributed by atoms with van der Waals surface area (Å²) in [5, 5.41) is 13.7. The maximum absolute atomic E-state index is 13.0. The number of non-ortho nitro benzene ring substituents is 1. The van der Waals surface area contributed by atoms with E-state index in [4.69, 9.17) is 0 Å². The molecule has 2 aromatic carbocycles. The normalized spacial score (nSPS) is 12.6. The smallest absolute Gasteiger partial charge is 0.269 e. The number of nitro groups is 1. The predicted octanol–water partition coefficient (Wildman–Crippen LogP) is 4.20. The van der Waals surface area contributed by atoms with Gasteiger partial charge in [0.05, 0.1) is 10.7 Å². The number of carbonyl (C=O) groups excluding carboxylic acids is 2. The summed E-state index contributed by atoms with van der Waals surface area (Å²) in [6.07, 6.45) is 1.49. The Morgan fingerprint density at radius 2 is 1.72 bits per heavy atom. The zero-order valence-electron chi connectivity index (χ0n) is 18.8. The molecular weight excluding hydrogens is 426 g/mol. The van der Waals surface area contributed by atoms with Crippen molar-refractivity contribution in [2.75, 3.05) is 12.3 Å². The van der Waals surface area contributed by atoms with Gasteiger partial charge in [-0.25, -0.2) is 0 Å². The molecule has 0 bridgehead atoms. The first-order valence-corrected chi connectivity index (χ1v) is 11.9. The van der Waals surface area contributed by atoms with Crippen molar-refractivity contribution in [2.45, 2.75) is 51.4 Å². The molecule has 2 amide bonds. The number of amides is 2. The van der Waals surface area contributed by atoms with Crippen LogP contribution in [0, 0.1) is 10.1 Å². The average Bonchev–Trinajstić information content (AvgIpc) is 2.79. The summed E-state index contributed by atoms with van der Waals surface area (Å²) in [6, 6.07) is 15.7. The van der Waals surface area contributed by atoms with Crippen LogP contribution in [0.3, 0.4) is 0 Å². The van der Waals surface area contributed by atoms with Crippen molar-refractivity contribution in [3.8, 4) is 0 Å². The highest BCUT2D eigenvalue weighted by Gasteiger charge is 2.26. The van der Waals surface area contributed by atoms with Crippen LogP contribution in [0.15, 0.2) is 54.6 Å². The molecule has 8 heteroatoms. The second-order valence-corrected chi connectivity index (χ2v) is 8.72. The Kier molecular flexibility index (Phi) is 10.2. The molecule has 0 fully saturated rings. The lowest BCUT2D eigenvalue weighted by Crippen LogP contribution is -2.51. The van der Waals surface area contributed by atoms with Crippen LogP contribution in [-0.2, 0) is 21.8 Å². The van der Waals surface area contributed by atoms with Gasteiger partial charge in [0.15, 0.2) is 0 Å². The second-order valence-electron chi connectivity index (χ2n) is 7.73. The number of thioether (sulfide) groups is 1. The summed E-state index contributed by atoms with van der Waals surface area (Å²) < 4.78 is 0. The molecule has 2 aromatic rings. The Morgan fingerprint density at radius 1 is 1.06 bits per heavy atom.